The number of anilines is 1. The molecule has 3 aromatic rings. The highest BCUT2D eigenvalue weighted by atomic mass is 15.3. The van der Waals surface area contributed by atoms with E-state index in [2.05, 4.69) is 36.7 Å². The van der Waals surface area contributed by atoms with Gasteiger partial charge in [-0.2, -0.15) is 10.2 Å². The molecule has 0 radical (unpaired) electrons. The van der Waals surface area contributed by atoms with Crippen LogP contribution < -0.4 is 10.2 Å². The van der Waals surface area contributed by atoms with Gasteiger partial charge in [-0.3, -0.25) is 9.67 Å². The highest BCUT2D eigenvalue weighted by molar-refractivity contribution is 5.61. The molecule has 1 fully saturated rings. The van der Waals surface area contributed by atoms with E-state index >= 15 is 0 Å². The lowest BCUT2D eigenvalue weighted by atomic mass is 10.1. The summed E-state index contributed by atoms with van der Waals surface area (Å²) < 4.78 is 1.86. The van der Waals surface area contributed by atoms with Gasteiger partial charge in [0.25, 0.3) is 0 Å². The minimum atomic E-state index is 0.449. The Morgan fingerprint density at radius 1 is 1.23 bits per heavy atom. The van der Waals surface area contributed by atoms with Crippen molar-refractivity contribution in [3.63, 3.8) is 0 Å². The molecule has 26 heavy (non-hydrogen) atoms. The Balaban J connectivity index is 1.41. The van der Waals surface area contributed by atoms with Crippen molar-refractivity contribution in [3.05, 3.63) is 54.6 Å². The number of nitrogens with one attached hydrogen (secondary N) is 1. The first-order valence-electron chi connectivity index (χ1n) is 8.99. The number of rotatable bonds is 6. The average molecular weight is 349 g/mol. The molecule has 1 aliphatic rings. The van der Waals surface area contributed by atoms with Gasteiger partial charge in [0.1, 0.15) is 0 Å². The molecule has 4 rings (SSSR count). The summed E-state index contributed by atoms with van der Waals surface area (Å²) in [6, 6.07) is 8.42. The van der Waals surface area contributed by atoms with Crippen LogP contribution in [0.1, 0.15) is 18.4 Å². The minimum Gasteiger partial charge on any atom is -0.351 e. The minimum absolute atomic E-state index is 0.449. The number of aromatic nitrogens is 5. The summed E-state index contributed by atoms with van der Waals surface area (Å²) in [5.74, 6) is 0.967. The van der Waals surface area contributed by atoms with Crippen molar-refractivity contribution in [2.24, 2.45) is 7.05 Å². The van der Waals surface area contributed by atoms with E-state index in [0.717, 1.165) is 36.7 Å². The molecule has 0 aromatic carbocycles. The van der Waals surface area contributed by atoms with Gasteiger partial charge in [0, 0.05) is 68.6 Å². The lowest BCUT2D eigenvalue weighted by Crippen LogP contribution is -2.38. The number of hydrogen-bond acceptors (Lipinski definition) is 6. The van der Waals surface area contributed by atoms with E-state index in [-0.39, 0.29) is 0 Å². The number of pyridine rings is 1. The fourth-order valence-corrected chi connectivity index (χ4v) is 3.58. The van der Waals surface area contributed by atoms with E-state index in [0.29, 0.717) is 6.04 Å². The SMILES string of the molecule is Cn1cc(CNC[C@H]2CCCN2c2cccnn2)c(-c2cccnc2)n1. The fraction of sp³-hybridized carbons (Fsp3) is 0.368. The molecule has 0 unspecified atom stereocenters. The largest absolute Gasteiger partial charge is 0.351 e. The standard InChI is InChI=1S/C19H23N7/c1-25-14-16(19(24-25)15-5-2-8-20-11-15)12-21-13-17-6-4-10-26(17)18-7-3-9-22-23-18/h2-3,5,7-9,11,14,17,21H,4,6,10,12-13H2,1H3/t17-/m1/s1. The van der Waals surface area contributed by atoms with Gasteiger partial charge in [-0.05, 0) is 37.1 Å². The summed E-state index contributed by atoms with van der Waals surface area (Å²) in [4.78, 5) is 6.56. The van der Waals surface area contributed by atoms with Gasteiger partial charge in [0.2, 0.25) is 0 Å². The summed E-state index contributed by atoms with van der Waals surface area (Å²) in [5.41, 5.74) is 3.22. The van der Waals surface area contributed by atoms with Gasteiger partial charge >= 0.3 is 0 Å². The first kappa shape index (κ1) is 16.7. The first-order chi connectivity index (χ1) is 12.8. The first-order valence-corrected chi connectivity index (χ1v) is 8.99. The molecule has 0 bridgehead atoms. The van der Waals surface area contributed by atoms with Crippen LogP contribution in [-0.2, 0) is 13.6 Å². The molecule has 1 saturated heterocycles. The van der Waals surface area contributed by atoms with Gasteiger partial charge < -0.3 is 10.2 Å². The third-order valence-electron chi connectivity index (χ3n) is 4.76. The number of hydrogen-bond donors (Lipinski definition) is 1. The normalized spacial score (nSPS) is 17.0. The molecule has 1 atom stereocenters. The van der Waals surface area contributed by atoms with Gasteiger partial charge in [0.15, 0.2) is 5.82 Å². The zero-order chi connectivity index (χ0) is 17.8. The number of aryl methyl sites for hydroxylation is 1. The highest BCUT2D eigenvalue weighted by Gasteiger charge is 2.25. The molecule has 4 heterocycles. The van der Waals surface area contributed by atoms with Crippen molar-refractivity contribution < 1.29 is 0 Å². The second kappa shape index (κ2) is 7.61. The van der Waals surface area contributed by atoms with Crippen molar-refractivity contribution >= 4 is 5.82 Å². The predicted molar refractivity (Wildman–Crippen MR) is 101 cm³/mol. The maximum absolute atomic E-state index is 4.60. The molecule has 0 spiro atoms. The highest BCUT2D eigenvalue weighted by Crippen LogP contribution is 2.23. The fourth-order valence-electron chi connectivity index (χ4n) is 3.58. The molecule has 0 saturated carbocycles. The second-order valence-electron chi connectivity index (χ2n) is 6.62. The topological polar surface area (TPSA) is 71.8 Å². The van der Waals surface area contributed by atoms with Gasteiger partial charge in [-0.1, -0.05) is 0 Å². The molecule has 7 nitrogen and oxygen atoms in total. The molecule has 134 valence electrons. The van der Waals surface area contributed by atoms with E-state index < -0.39 is 0 Å². The summed E-state index contributed by atoms with van der Waals surface area (Å²) >= 11 is 0. The molecule has 1 N–H and O–H groups in total. The molecule has 7 heteroatoms. The van der Waals surface area contributed by atoms with E-state index in [1.54, 1.807) is 12.4 Å². The van der Waals surface area contributed by atoms with Crippen LogP contribution in [0.2, 0.25) is 0 Å². The molecule has 0 amide bonds. The van der Waals surface area contributed by atoms with E-state index in [4.69, 9.17) is 0 Å². The zero-order valence-corrected chi connectivity index (χ0v) is 14.9. The Morgan fingerprint density at radius 3 is 2.96 bits per heavy atom. The maximum atomic E-state index is 4.60. The summed E-state index contributed by atoms with van der Waals surface area (Å²) in [6.45, 7) is 2.74. The van der Waals surface area contributed by atoms with Crippen LogP contribution >= 0.6 is 0 Å². The van der Waals surface area contributed by atoms with Gasteiger partial charge in [-0.15, -0.1) is 5.10 Å². The molecule has 1 aliphatic heterocycles. The zero-order valence-electron chi connectivity index (χ0n) is 14.9. The van der Waals surface area contributed by atoms with Crippen LogP contribution in [0.4, 0.5) is 5.82 Å². The molecular weight excluding hydrogens is 326 g/mol. The smallest absolute Gasteiger partial charge is 0.151 e. The Morgan fingerprint density at radius 2 is 2.15 bits per heavy atom. The van der Waals surface area contributed by atoms with Crippen molar-refractivity contribution in [1.82, 2.24) is 30.3 Å². The van der Waals surface area contributed by atoms with Crippen LogP contribution in [0.25, 0.3) is 11.3 Å². The van der Waals surface area contributed by atoms with Gasteiger partial charge in [-0.25, -0.2) is 0 Å². The van der Waals surface area contributed by atoms with Crippen LogP contribution in [0.15, 0.2) is 49.1 Å². The predicted octanol–water partition coefficient (Wildman–Crippen LogP) is 2.03. The summed E-state index contributed by atoms with van der Waals surface area (Å²) in [6.07, 6.45) is 9.80. The Hall–Kier alpha value is -2.80. The van der Waals surface area contributed by atoms with E-state index in [9.17, 15) is 0 Å². The third-order valence-corrected chi connectivity index (χ3v) is 4.76. The van der Waals surface area contributed by atoms with Crippen LogP contribution in [0, 0.1) is 0 Å². The van der Waals surface area contributed by atoms with Crippen LogP contribution in [0.3, 0.4) is 0 Å². The quantitative estimate of drug-likeness (QED) is 0.734. The monoisotopic (exact) mass is 349 g/mol. The van der Waals surface area contributed by atoms with Crippen molar-refractivity contribution in [3.8, 4) is 11.3 Å². The molecule has 0 aliphatic carbocycles. The lowest BCUT2D eigenvalue weighted by Gasteiger charge is -2.25. The van der Waals surface area contributed by atoms with E-state index in [1.807, 2.05) is 42.2 Å². The average Bonchev–Trinajstić information content (AvgIpc) is 3.30. The Kier molecular flexibility index (Phi) is 4.88. The summed E-state index contributed by atoms with van der Waals surface area (Å²) in [7, 11) is 1.95. The molecule has 3 aromatic heterocycles. The summed E-state index contributed by atoms with van der Waals surface area (Å²) in [5, 5.41) is 16.5. The van der Waals surface area contributed by atoms with Crippen molar-refractivity contribution in [2.75, 3.05) is 18.0 Å². The third kappa shape index (κ3) is 3.57. The Labute approximate surface area is 153 Å². The Bertz CT molecular complexity index is 832. The van der Waals surface area contributed by atoms with Crippen molar-refractivity contribution in [1.29, 1.82) is 0 Å². The van der Waals surface area contributed by atoms with Crippen LogP contribution in [0.5, 0.6) is 0 Å². The lowest BCUT2D eigenvalue weighted by molar-refractivity contribution is 0.569. The van der Waals surface area contributed by atoms with Crippen LogP contribution in [-0.4, -0.2) is 44.1 Å². The molecular formula is C19H23N7. The number of nitrogens with zero attached hydrogens (tertiary/aromatic N) is 6. The second-order valence-corrected chi connectivity index (χ2v) is 6.62. The van der Waals surface area contributed by atoms with E-state index in [1.165, 1.54) is 18.4 Å². The maximum Gasteiger partial charge on any atom is 0.151 e. The van der Waals surface area contributed by atoms with Crippen molar-refractivity contribution in [2.45, 2.75) is 25.4 Å². The van der Waals surface area contributed by atoms with Gasteiger partial charge in [0.05, 0.1) is 5.69 Å².